The molecule has 0 aliphatic carbocycles. The molecule has 1 fully saturated rings. The van der Waals surface area contributed by atoms with Gasteiger partial charge in [0.25, 0.3) is 0 Å². The van der Waals surface area contributed by atoms with E-state index in [1.54, 1.807) is 69.9 Å². The number of nitrogens with zero attached hydrogens (tertiary/aromatic N) is 5. The van der Waals surface area contributed by atoms with Crippen LogP contribution in [0.25, 0.3) is 22.6 Å². The molecule has 3 aromatic heterocycles. The summed E-state index contributed by atoms with van der Waals surface area (Å²) < 4.78 is 25.0. The topological polar surface area (TPSA) is 155 Å². The molecule has 4 aromatic rings. The summed E-state index contributed by atoms with van der Waals surface area (Å²) in [5.41, 5.74) is 1.86. The molecule has 13 heteroatoms. The number of carbonyl (C=O) groups excluding carboxylic acids is 1. The minimum atomic E-state index is -1.15. The van der Waals surface area contributed by atoms with Crippen LogP contribution < -0.4 is 5.32 Å². The van der Waals surface area contributed by atoms with Crippen molar-refractivity contribution in [3.05, 3.63) is 72.7 Å². The van der Waals surface area contributed by atoms with Crippen molar-refractivity contribution in [2.24, 2.45) is 5.41 Å². The van der Waals surface area contributed by atoms with Gasteiger partial charge < -0.3 is 29.8 Å². The first kappa shape index (κ1) is 28.3. The predicted octanol–water partition coefficient (Wildman–Crippen LogP) is 3.65. The molecule has 0 unspecified atom stereocenters. The molecule has 1 amide bonds. The fourth-order valence-corrected chi connectivity index (χ4v) is 3.52. The molecule has 5 rings (SSSR count). The van der Waals surface area contributed by atoms with Crippen molar-refractivity contribution in [2.45, 2.75) is 13.2 Å². The largest absolute Gasteiger partial charge is 0.481 e. The number of hydrogen-bond acceptors (Lipinski definition) is 9. The molecule has 3 N–H and O–H groups in total. The number of ether oxygens (including phenoxy) is 2. The lowest BCUT2D eigenvalue weighted by atomic mass is 9.92. The standard InChI is InChI=1S/C24H21FN6O4.C3H7NO/c1-24(22(32)33)12-34-21(35-13-24)20-30-18(14-2-4-15(25)5-3-14)19(31-20)17-8-11-27-23(29-17)28-16-6-9-26-10-7-16;1-4(2)3-5/h2-11,21H,12-13H2,1H3,(H,30,31)(H,32,33)(H,26,27,28,29);3H,1-2H3. The Morgan fingerprint density at radius 3 is 2.35 bits per heavy atom. The number of pyridine rings is 1. The van der Waals surface area contributed by atoms with Gasteiger partial charge in [-0.25, -0.2) is 19.3 Å². The second-order valence-electron chi connectivity index (χ2n) is 9.37. The van der Waals surface area contributed by atoms with Gasteiger partial charge in [-0.3, -0.25) is 14.6 Å². The second-order valence-corrected chi connectivity index (χ2v) is 9.37. The van der Waals surface area contributed by atoms with Gasteiger partial charge in [0, 0.05) is 43.9 Å². The molecule has 0 spiro atoms. The number of carboxylic acid groups (broad SMARTS) is 1. The van der Waals surface area contributed by atoms with Gasteiger partial charge >= 0.3 is 5.97 Å². The normalized spacial score (nSPS) is 18.2. The number of rotatable bonds is 7. The second kappa shape index (κ2) is 12.4. The third-order valence-electron chi connectivity index (χ3n) is 5.74. The van der Waals surface area contributed by atoms with Crippen LogP contribution in [-0.4, -0.2) is 74.6 Å². The van der Waals surface area contributed by atoms with E-state index in [1.807, 2.05) is 0 Å². The zero-order chi connectivity index (χ0) is 28.7. The van der Waals surface area contributed by atoms with E-state index in [4.69, 9.17) is 9.47 Å². The Balaban J connectivity index is 0.000000681. The molecule has 0 bridgehead atoms. The van der Waals surface area contributed by atoms with Crippen molar-refractivity contribution < 1.29 is 28.6 Å². The molecule has 1 aliphatic rings. The van der Waals surface area contributed by atoms with Crippen molar-refractivity contribution in [1.82, 2.24) is 29.8 Å². The minimum absolute atomic E-state index is 0.0393. The van der Waals surface area contributed by atoms with Crippen molar-refractivity contribution in [1.29, 1.82) is 0 Å². The summed E-state index contributed by atoms with van der Waals surface area (Å²) in [6, 6.07) is 11.2. The average molecular weight is 550 g/mol. The van der Waals surface area contributed by atoms with Crippen LogP contribution in [0, 0.1) is 11.2 Å². The SMILES string of the molecule is CC1(C(=O)O)COC(c2nc(-c3ccc(F)cc3)c(-c3ccnc(Nc4ccncc4)n3)[nH]2)OC1.CN(C)C=O. The number of aliphatic carboxylic acids is 1. The number of benzene rings is 1. The fraction of sp³-hybridized carbons (Fsp3) is 0.259. The smallest absolute Gasteiger partial charge is 0.314 e. The van der Waals surface area contributed by atoms with Gasteiger partial charge in [-0.2, -0.15) is 0 Å². The first-order valence-corrected chi connectivity index (χ1v) is 12.1. The van der Waals surface area contributed by atoms with Gasteiger partial charge in [-0.05, 0) is 49.4 Å². The lowest BCUT2D eigenvalue weighted by Gasteiger charge is -2.33. The maximum atomic E-state index is 13.6. The van der Waals surface area contributed by atoms with Gasteiger partial charge in [-0.1, -0.05) is 0 Å². The van der Waals surface area contributed by atoms with Crippen molar-refractivity contribution in [3.63, 3.8) is 0 Å². The molecule has 208 valence electrons. The van der Waals surface area contributed by atoms with E-state index in [-0.39, 0.29) is 19.0 Å². The van der Waals surface area contributed by atoms with Gasteiger partial charge in [0.1, 0.15) is 11.2 Å². The number of halogens is 1. The van der Waals surface area contributed by atoms with Gasteiger partial charge in [0.15, 0.2) is 5.82 Å². The summed E-state index contributed by atoms with van der Waals surface area (Å²) in [6.45, 7) is 1.48. The molecule has 40 heavy (non-hydrogen) atoms. The van der Waals surface area contributed by atoms with Gasteiger partial charge in [-0.15, -0.1) is 0 Å². The third kappa shape index (κ3) is 6.81. The number of aromatic amines is 1. The highest BCUT2D eigenvalue weighted by atomic mass is 19.1. The Labute approximate surface area is 229 Å². The van der Waals surface area contributed by atoms with Crippen molar-refractivity contribution >= 4 is 24.0 Å². The highest BCUT2D eigenvalue weighted by molar-refractivity contribution is 5.77. The molecule has 0 saturated carbocycles. The summed E-state index contributed by atoms with van der Waals surface area (Å²) in [4.78, 5) is 43.1. The van der Waals surface area contributed by atoms with Crippen LogP contribution >= 0.6 is 0 Å². The summed E-state index contributed by atoms with van der Waals surface area (Å²) >= 11 is 0. The maximum Gasteiger partial charge on any atom is 0.314 e. The minimum Gasteiger partial charge on any atom is -0.481 e. The molecular formula is C27H28FN7O5. The maximum absolute atomic E-state index is 13.6. The molecule has 4 heterocycles. The van der Waals surface area contributed by atoms with Crippen LogP contribution in [0.15, 0.2) is 61.1 Å². The van der Waals surface area contributed by atoms with Gasteiger partial charge in [0.05, 0.1) is 30.3 Å². The van der Waals surface area contributed by atoms with Gasteiger partial charge in [0.2, 0.25) is 18.6 Å². The zero-order valence-electron chi connectivity index (χ0n) is 22.0. The molecule has 0 radical (unpaired) electrons. The fourth-order valence-electron chi connectivity index (χ4n) is 3.52. The molecule has 1 aromatic carbocycles. The van der Waals surface area contributed by atoms with Crippen LogP contribution in [0.5, 0.6) is 0 Å². The van der Waals surface area contributed by atoms with Crippen LogP contribution in [-0.2, 0) is 19.1 Å². The van der Waals surface area contributed by atoms with Crippen molar-refractivity contribution in [3.8, 4) is 22.6 Å². The third-order valence-corrected chi connectivity index (χ3v) is 5.74. The highest BCUT2D eigenvalue weighted by Crippen LogP contribution is 2.35. The Hall–Kier alpha value is -4.75. The quantitative estimate of drug-likeness (QED) is 0.291. The summed E-state index contributed by atoms with van der Waals surface area (Å²) in [7, 11) is 3.38. The highest BCUT2D eigenvalue weighted by Gasteiger charge is 2.41. The Morgan fingerprint density at radius 1 is 1.10 bits per heavy atom. The number of amides is 1. The van der Waals surface area contributed by atoms with Crippen LogP contribution in [0.1, 0.15) is 19.0 Å². The molecular weight excluding hydrogens is 521 g/mol. The number of imidazole rings is 1. The Bertz CT molecular complexity index is 1440. The average Bonchev–Trinajstić information content (AvgIpc) is 3.40. The van der Waals surface area contributed by atoms with E-state index in [1.165, 1.54) is 17.0 Å². The molecule has 1 aliphatic heterocycles. The van der Waals surface area contributed by atoms with E-state index in [9.17, 15) is 19.1 Å². The molecule has 12 nitrogen and oxygen atoms in total. The number of carboxylic acids is 1. The summed E-state index contributed by atoms with van der Waals surface area (Å²) in [6.07, 6.45) is 4.76. The zero-order valence-corrected chi connectivity index (χ0v) is 22.0. The summed E-state index contributed by atoms with van der Waals surface area (Å²) in [5.74, 6) is -0.673. The van der Waals surface area contributed by atoms with E-state index in [0.29, 0.717) is 34.4 Å². The van der Waals surface area contributed by atoms with E-state index in [2.05, 4.69) is 30.2 Å². The lowest BCUT2D eigenvalue weighted by molar-refractivity contribution is -0.236. The number of hydrogen-bond donors (Lipinski definition) is 3. The van der Waals surface area contributed by atoms with E-state index >= 15 is 0 Å². The number of carbonyl (C=O) groups is 2. The Morgan fingerprint density at radius 2 is 1.75 bits per heavy atom. The van der Waals surface area contributed by atoms with Crippen LogP contribution in [0.2, 0.25) is 0 Å². The first-order valence-electron chi connectivity index (χ1n) is 12.1. The first-order chi connectivity index (χ1) is 19.2. The molecule has 0 atom stereocenters. The van der Waals surface area contributed by atoms with Crippen LogP contribution in [0.4, 0.5) is 16.0 Å². The monoisotopic (exact) mass is 549 g/mol. The number of nitrogens with one attached hydrogen (secondary N) is 2. The van der Waals surface area contributed by atoms with Crippen molar-refractivity contribution in [2.75, 3.05) is 32.6 Å². The number of anilines is 2. The summed E-state index contributed by atoms with van der Waals surface area (Å²) in [5, 5.41) is 12.5. The number of aromatic nitrogens is 5. The van der Waals surface area contributed by atoms with E-state index < -0.39 is 17.7 Å². The van der Waals surface area contributed by atoms with E-state index in [0.717, 1.165) is 12.1 Å². The lowest BCUT2D eigenvalue weighted by Crippen LogP contribution is -2.42. The number of H-pyrrole nitrogens is 1. The molecule has 1 saturated heterocycles. The Kier molecular flexibility index (Phi) is 8.76. The van der Waals surface area contributed by atoms with Crippen LogP contribution in [0.3, 0.4) is 0 Å². The predicted molar refractivity (Wildman–Crippen MR) is 143 cm³/mol.